The van der Waals surface area contributed by atoms with Gasteiger partial charge in [-0.25, -0.2) is 9.89 Å². The Labute approximate surface area is 172 Å². The molecule has 0 unspecified atom stereocenters. The van der Waals surface area contributed by atoms with Crippen molar-refractivity contribution in [2.24, 2.45) is 0 Å². The van der Waals surface area contributed by atoms with Gasteiger partial charge in [0.25, 0.3) is 5.56 Å². The van der Waals surface area contributed by atoms with Crippen molar-refractivity contribution >= 4 is 40.6 Å². The lowest BCUT2D eigenvalue weighted by Gasteiger charge is -2.11. The van der Waals surface area contributed by atoms with Crippen LogP contribution in [0.25, 0.3) is 11.3 Å². The molecular formula is C17H12Cl3N5O3. The highest BCUT2D eigenvalue weighted by Gasteiger charge is 2.22. The van der Waals surface area contributed by atoms with Crippen molar-refractivity contribution < 1.29 is 4.79 Å². The molecule has 0 aliphatic rings. The number of nitrogens with zero attached hydrogens (tertiary/aromatic N) is 3. The van der Waals surface area contributed by atoms with E-state index in [2.05, 4.69) is 20.4 Å². The van der Waals surface area contributed by atoms with E-state index in [-0.39, 0.29) is 43.6 Å². The molecule has 0 saturated carbocycles. The van der Waals surface area contributed by atoms with Gasteiger partial charge in [-0.15, -0.1) is 10.2 Å². The van der Waals surface area contributed by atoms with E-state index in [0.29, 0.717) is 5.56 Å². The summed E-state index contributed by atoms with van der Waals surface area (Å²) in [6.45, 7) is 3.81. The summed E-state index contributed by atoms with van der Waals surface area (Å²) >= 11 is 18.5. The Morgan fingerprint density at radius 3 is 2.25 bits per heavy atom. The van der Waals surface area contributed by atoms with Crippen LogP contribution in [0, 0.1) is 0 Å². The number of nitrogens with one attached hydrogen (secondary N) is 2. The minimum atomic E-state index is -0.750. The fraction of sp³-hybridized carbons (Fsp3) is 0.176. The van der Waals surface area contributed by atoms with Crippen molar-refractivity contribution in [3.8, 4) is 11.3 Å². The summed E-state index contributed by atoms with van der Waals surface area (Å²) in [5, 5.41) is 13.6. The van der Waals surface area contributed by atoms with Crippen LogP contribution >= 0.6 is 34.8 Å². The zero-order valence-electron chi connectivity index (χ0n) is 14.5. The first-order valence-electron chi connectivity index (χ1n) is 7.95. The molecule has 0 spiro atoms. The average Bonchev–Trinajstić information content (AvgIpc) is 2.61. The molecule has 0 saturated heterocycles. The number of hydrogen-bond acceptors (Lipinski definition) is 6. The standard InChI is InChI=1S/C17H12Cl3N5O3/c1-6(2)8-5-11(22-24-15(8)20)14(26)12-9(18)3-7(4-10(12)19)13-16(27)21-17(28)25-23-13/h3-6H,1-2H3,(H2,21,25,27,28). The van der Waals surface area contributed by atoms with Gasteiger partial charge in [-0.3, -0.25) is 14.6 Å². The van der Waals surface area contributed by atoms with Crippen LogP contribution in [-0.4, -0.2) is 31.2 Å². The minimum absolute atomic E-state index is 0.000680. The lowest BCUT2D eigenvalue weighted by molar-refractivity contribution is 0.103. The molecule has 1 aromatic carbocycles. The molecule has 0 aliphatic heterocycles. The van der Waals surface area contributed by atoms with Crippen LogP contribution in [0.4, 0.5) is 0 Å². The fourth-order valence-corrected chi connectivity index (χ4v) is 3.47. The van der Waals surface area contributed by atoms with E-state index in [1.54, 1.807) is 0 Å². The summed E-state index contributed by atoms with van der Waals surface area (Å²) < 4.78 is 0. The molecule has 0 fully saturated rings. The quantitative estimate of drug-likeness (QED) is 0.601. The van der Waals surface area contributed by atoms with Crippen LogP contribution in [-0.2, 0) is 0 Å². The van der Waals surface area contributed by atoms with Gasteiger partial charge in [0, 0.05) is 5.56 Å². The zero-order chi connectivity index (χ0) is 20.6. The maximum absolute atomic E-state index is 12.9. The molecular weight excluding hydrogens is 429 g/mol. The number of H-pyrrole nitrogens is 2. The highest BCUT2D eigenvalue weighted by Crippen LogP contribution is 2.32. The van der Waals surface area contributed by atoms with Crippen LogP contribution in [0.3, 0.4) is 0 Å². The largest absolute Gasteiger partial charge is 0.342 e. The zero-order valence-corrected chi connectivity index (χ0v) is 16.8. The van der Waals surface area contributed by atoms with E-state index < -0.39 is 17.0 Å². The maximum Gasteiger partial charge on any atom is 0.342 e. The number of rotatable bonds is 4. The first-order valence-corrected chi connectivity index (χ1v) is 9.08. The van der Waals surface area contributed by atoms with Gasteiger partial charge < -0.3 is 0 Å². The SMILES string of the molecule is CC(C)c1cc(C(=O)c2c(Cl)cc(-c3n[nH]c(=O)[nH]c3=O)cc2Cl)nnc1Cl. The molecule has 28 heavy (non-hydrogen) atoms. The number of carbonyl (C=O) groups excluding carboxylic acids is 1. The van der Waals surface area contributed by atoms with Crippen molar-refractivity contribution in [1.82, 2.24) is 25.4 Å². The highest BCUT2D eigenvalue weighted by molar-refractivity contribution is 6.41. The van der Waals surface area contributed by atoms with Gasteiger partial charge in [-0.2, -0.15) is 5.10 Å². The average molecular weight is 441 g/mol. The van der Waals surface area contributed by atoms with Gasteiger partial charge in [0.1, 0.15) is 5.69 Å². The van der Waals surface area contributed by atoms with E-state index in [1.807, 2.05) is 18.8 Å². The Morgan fingerprint density at radius 2 is 1.68 bits per heavy atom. The summed E-state index contributed by atoms with van der Waals surface area (Å²) in [6.07, 6.45) is 0. The van der Waals surface area contributed by atoms with Crippen molar-refractivity contribution in [2.75, 3.05) is 0 Å². The molecule has 0 aliphatic carbocycles. The molecule has 144 valence electrons. The van der Waals surface area contributed by atoms with Gasteiger partial charge in [0.2, 0.25) is 5.78 Å². The molecule has 2 aromatic heterocycles. The summed E-state index contributed by atoms with van der Waals surface area (Å²) in [7, 11) is 0. The second-order valence-corrected chi connectivity index (χ2v) is 7.30. The number of hydrogen-bond donors (Lipinski definition) is 2. The van der Waals surface area contributed by atoms with Gasteiger partial charge in [0.05, 0.1) is 15.6 Å². The molecule has 3 rings (SSSR count). The van der Waals surface area contributed by atoms with Crippen LogP contribution < -0.4 is 11.2 Å². The Hall–Kier alpha value is -2.55. The van der Waals surface area contributed by atoms with E-state index in [1.165, 1.54) is 18.2 Å². The summed E-state index contributed by atoms with van der Waals surface area (Å²) in [4.78, 5) is 38.0. The van der Waals surface area contributed by atoms with Crippen LogP contribution in [0.1, 0.15) is 41.4 Å². The topological polar surface area (TPSA) is 121 Å². The molecule has 0 radical (unpaired) electrons. The highest BCUT2D eigenvalue weighted by atomic mass is 35.5. The second kappa shape index (κ2) is 7.83. The van der Waals surface area contributed by atoms with E-state index >= 15 is 0 Å². The number of carbonyl (C=O) groups is 1. The molecule has 3 aromatic rings. The minimum Gasteiger partial charge on any atom is -0.287 e. The predicted octanol–water partition coefficient (Wildman–Crippen LogP) is 3.23. The van der Waals surface area contributed by atoms with Crippen LogP contribution in [0.15, 0.2) is 27.8 Å². The lowest BCUT2D eigenvalue weighted by Crippen LogP contribution is -2.25. The number of aromatic amines is 2. The van der Waals surface area contributed by atoms with Crippen molar-refractivity contribution in [1.29, 1.82) is 0 Å². The summed E-state index contributed by atoms with van der Waals surface area (Å²) in [5.74, 6) is -0.517. The van der Waals surface area contributed by atoms with Crippen molar-refractivity contribution in [3.05, 3.63) is 71.1 Å². The van der Waals surface area contributed by atoms with Gasteiger partial charge in [-0.1, -0.05) is 48.7 Å². The van der Waals surface area contributed by atoms with Crippen LogP contribution in [0.5, 0.6) is 0 Å². The number of benzene rings is 1. The summed E-state index contributed by atoms with van der Waals surface area (Å²) in [5.41, 5.74) is -0.651. The number of ketones is 1. The normalized spacial score (nSPS) is 11.1. The predicted molar refractivity (Wildman–Crippen MR) is 105 cm³/mol. The Bertz CT molecular complexity index is 1180. The van der Waals surface area contributed by atoms with Gasteiger partial charge in [-0.05, 0) is 29.7 Å². The Kier molecular flexibility index (Phi) is 5.64. The molecule has 8 nitrogen and oxygen atoms in total. The molecule has 2 N–H and O–H groups in total. The molecule has 2 heterocycles. The van der Waals surface area contributed by atoms with E-state index in [4.69, 9.17) is 34.8 Å². The third-order valence-electron chi connectivity index (χ3n) is 3.88. The van der Waals surface area contributed by atoms with Crippen molar-refractivity contribution in [2.45, 2.75) is 19.8 Å². The molecule has 0 bridgehead atoms. The first-order chi connectivity index (χ1) is 13.2. The maximum atomic E-state index is 12.9. The summed E-state index contributed by atoms with van der Waals surface area (Å²) in [6, 6.07) is 4.24. The monoisotopic (exact) mass is 439 g/mol. The number of aromatic nitrogens is 5. The number of halogens is 3. The van der Waals surface area contributed by atoms with E-state index in [9.17, 15) is 14.4 Å². The Balaban J connectivity index is 2.09. The van der Waals surface area contributed by atoms with Gasteiger partial charge >= 0.3 is 5.69 Å². The Morgan fingerprint density at radius 1 is 1.04 bits per heavy atom. The molecule has 11 heteroatoms. The second-order valence-electron chi connectivity index (χ2n) is 6.13. The lowest BCUT2D eigenvalue weighted by atomic mass is 10.0. The first kappa shape index (κ1) is 20.2. The van der Waals surface area contributed by atoms with Gasteiger partial charge in [0.15, 0.2) is 10.8 Å². The molecule has 0 amide bonds. The molecule has 0 atom stereocenters. The smallest absolute Gasteiger partial charge is 0.287 e. The third kappa shape index (κ3) is 3.84. The third-order valence-corrected chi connectivity index (χ3v) is 4.77. The fourth-order valence-electron chi connectivity index (χ4n) is 2.51. The van der Waals surface area contributed by atoms with Crippen LogP contribution in [0.2, 0.25) is 15.2 Å². The van der Waals surface area contributed by atoms with Crippen molar-refractivity contribution in [3.63, 3.8) is 0 Å². The van der Waals surface area contributed by atoms with E-state index in [0.717, 1.165) is 0 Å².